The smallest absolute Gasteiger partial charge is 0.157 e. The maximum Gasteiger partial charge on any atom is 0.157 e. The lowest BCUT2D eigenvalue weighted by Crippen LogP contribution is -2.24. The number of Topliss-reactive ketones (excluding diaryl/α,β-unsaturated/α-hetero) is 1. The molecule has 0 rings (SSSR count). The monoisotopic (exact) mass is 146 g/mol. The van der Waals surface area contributed by atoms with Crippen LogP contribution in [0.5, 0.6) is 0 Å². The number of halogens is 1. The molecule has 0 aliphatic rings. The third-order valence-electron chi connectivity index (χ3n) is 1.25. The quantitative estimate of drug-likeness (QED) is 0.441. The summed E-state index contributed by atoms with van der Waals surface area (Å²) in [6.45, 7) is 6.88. The number of carbonyl (C=O) groups is 1. The van der Waals surface area contributed by atoms with Crippen LogP contribution in [-0.2, 0) is 4.79 Å². The van der Waals surface area contributed by atoms with E-state index < -0.39 is 4.87 Å². The largest absolute Gasteiger partial charge is 0.297 e. The summed E-state index contributed by atoms with van der Waals surface area (Å²) in [7, 11) is 0. The Kier molecular flexibility index (Phi) is 2.92. The summed E-state index contributed by atoms with van der Waals surface area (Å²) in [6, 6.07) is 0. The van der Waals surface area contributed by atoms with E-state index >= 15 is 0 Å². The molecule has 0 heterocycles. The number of hydrogen-bond donors (Lipinski definition) is 0. The average molecular weight is 147 g/mol. The van der Waals surface area contributed by atoms with Crippen molar-refractivity contribution in [3.63, 3.8) is 0 Å². The number of ketones is 1. The molecular weight excluding hydrogens is 136 g/mol. The average Bonchev–Trinajstić information content (AvgIpc) is 1.86. The van der Waals surface area contributed by atoms with E-state index in [9.17, 15) is 4.79 Å². The van der Waals surface area contributed by atoms with E-state index in [0.29, 0.717) is 6.42 Å². The van der Waals surface area contributed by atoms with Crippen LogP contribution < -0.4 is 0 Å². The van der Waals surface area contributed by atoms with Crippen LogP contribution >= 0.6 is 11.6 Å². The molecule has 1 atom stereocenters. The fourth-order valence-electron chi connectivity index (χ4n) is 0.459. The minimum atomic E-state index is -0.852. The first-order valence-corrected chi connectivity index (χ1v) is 3.28. The molecule has 0 bridgehead atoms. The highest BCUT2D eigenvalue weighted by Crippen LogP contribution is 2.17. The summed E-state index contributed by atoms with van der Waals surface area (Å²) in [5, 5.41) is 0. The van der Waals surface area contributed by atoms with Crippen molar-refractivity contribution in [1.29, 1.82) is 0 Å². The van der Waals surface area contributed by atoms with Gasteiger partial charge in [-0.05, 0) is 6.92 Å². The van der Waals surface area contributed by atoms with Crippen molar-refractivity contribution in [3.05, 3.63) is 12.7 Å². The maximum atomic E-state index is 10.9. The van der Waals surface area contributed by atoms with Crippen molar-refractivity contribution >= 4 is 17.4 Å². The van der Waals surface area contributed by atoms with Gasteiger partial charge in [0.1, 0.15) is 4.87 Å². The number of allylic oxidation sites excluding steroid dienone is 1. The van der Waals surface area contributed by atoms with Crippen LogP contribution in [0.4, 0.5) is 0 Å². The molecular formula is C7H11ClO. The second-order valence-corrected chi connectivity index (χ2v) is 2.84. The Morgan fingerprint density at radius 3 is 2.44 bits per heavy atom. The van der Waals surface area contributed by atoms with Crippen molar-refractivity contribution in [2.75, 3.05) is 0 Å². The van der Waals surface area contributed by atoms with Crippen LogP contribution in [0.25, 0.3) is 0 Å². The summed E-state index contributed by atoms with van der Waals surface area (Å²) in [6.07, 6.45) is 1.92. The zero-order valence-electron chi connectivity index (χ0n) is 5.78. The van der Waals surface area contributed by atoms with Crippen molar-refractivity contribution in [3.8, 4) is 0 Å². The standard InChI is InChI=1S/C7H11ClO/c1-4-6(9)7(3,8)5-2/h5H,2,4H2,1,3H3. The molecule has 0 fully saturated rings. The molecule has 0 aliphatic carbocycles. The van der Waals surface area contributed by atoms with Gasteiger partial charge in [0.2, 0.25) is 0 Å². The van der Waals surface area contributed by atoms with E-state index in [1.165, 1.54) is 6.08 Å². The fourth-order valence-corrected chi connectivity index (χ4v) is 0.593. The first-order chi connectivity index (χ1) is 4.04. The van der Waals surface area contributed by atoms with E-state index in [1.54, 1.807) is 13.8 Å². The van der Waals surface area contributed by atoms with Gasteiger partial charge in [0, 0.05) is 6.42 Å². The Bertz CT molecular complexity index is 127. The Morgan fingerprint density at radius 2 is 2.33 bits per heavy atom. The van der Waals surface area contributed by atoms with Crippen LogP contribution in [0.15, 0.2) is 12.7 Å². The molecule has 52 valence electrons. The minimum Gasteiger partial charge on any atom is -0.297 e. The predicted molar refractivity (Wildman–Crippen MR) is 39.8 cm³/mol. The molecule has 1 nitrogen and oxygen atoms in total. The molecule has 0 amide bonds. The van der Waals surface area contributed by atoms with Crippen LogP contribution in [0.1, 0.15) is 20.3 Å². The summed E-state index contributed by atoms with van der Waals surface area (Å²) in [5.41, 5.74) is 0. The first kappa shape index (κ1) is 8.70. The normalized spacial score (nSPS) is 16.3. The van der Waals surface area contributed by atoms with Gasteiger partial charge in [-0.3, -0.25) is 4.79 Å². The molecule has 0 N–H and O–H groups in total. The first-order valence-electron chi connectivity index (χ1n) is 2.90. The van der Waals surface area contributed by atoms with Gasteiger partial charge in [-0.25, -0.2) is 0 Å². The molecule has 9 heavy (non-hydrogen) atoms. The molecule has 0 saturated carbocycles. The van der Waals surface area contributed by atoms with Gasteiger partial charge in [-0.2, -0.15) is 0 Å². The number of alkyl halides is 1. The van der Waals surface area contributed by atoms with Gasteiger partial charge in [0.05, 0.1) is 0 Å². The molecule has 0 radical (unpaired) electrons. The van der Waals surface area contributed by atoms with Gasteiger partial charge < -0.3 is 0 Å². The molecule has 0 aliphatic heterocycles. The van der Waals surface area contributed by atoms with Crippen LogP contribution in [0.3, 0.4) is 0 Å². The van der Waals surface area contributed by atoms with Crippen LogP contribution in [0.2, 0.25) is 0 Å². The van der Waals surface area contributed by atoms with Crippen molar-refractivity contribution in [2.24, 2.45) is 0 Å². The highest BCUT2D eigenvalue weighted by atomic mass is 35.5. The minimum absolute atomic E-state index is 0.0131. The fraction of sp³-hybridized carbons (Fsp3) is 0.571. The van der Waals surface area contributed by atoms with Gasteiger partial charge in [0.15, 0.2) is 5.78 Å². The van der Waals surface area contributed by atoms with Crippen molar-refractivity contribution in [1.82, 2.24) is 0 Å². The zero-order chi connectivity index (χ0) is 7.49. The lowest BCUT2D eigenvalue weighted by Gasteiger charge is -2.12. The van der Waals surface area contributed by atoms with E-state index in [-0.39, 0.29) is 5.78 Å². The SMILES string of the molecule is C=CC(C)(Cl)C(=O)CC. The number of rotatable bonds is 3. The summed E-state index contributed by atoms with van der Waals surface area (Å²) in [4.78, 5) is 10.0. The summed E-state index contributed by atoms with van der Waals surface area (Å²) < 4.78 is 0. The Hall–Kier alpha value is -0.300. The van der Waals surface area contributed by atoms with Crippen molar-refractivity contribution in [2.45, 2.75) is 25.1 Å². The number of hydrogen-bond acceptors (Lipinski definition) is 1. The van der Waals surface area contributed by atoms with Gasteiger partial charge in [-0.1, -0.05) is 13.0 Å². The third kappa shape index (κ3) is 2.19. The Morgan fingerprint density at radius 1 is 1.89 bits per heavy atom. The lowest BCUT2D eigenvalue weighted by atomic mass is 10.0. The second-order valence-electron chi connectivity index (χ2n) is 2.06. The Labute approximate surface area is 60.7 Å². The molecule has 0 aromatic rings. The Balaban J connectivity index is 4.14. The third-order valence-corrected chi connectivity index (χ3v) is 1.61. The van der Waals surface area contributed by atoms with Gasteiger partial charge in [-0.15, -0.1) is 18.2 Å². The molecule has 0 aromatic carbocycles. The lowest BCUT2D eigenvalue weighted by molar-refractivity contribution is -0.119. The zero-order valence-corrected chi connectivity index (χ0v) is 6.53. The van der Waals surface area contributed by atoms with Crippen LogP contribution in [-0.4, -0.2) is 10.7 Å². The second kappa shape index (κ2) is 3.02. The van der Waals surface area contributed by atoms with E-state index in [2.05, 4.69) is 6.58 Å². The molecule has 1 unspecified atom stereocenters. The van der Waals surface area contributed by atoms with Crippen LogP contribution in [0, 0.1) is 0 Å². The van der Waals surface area contributed by atoms with Crippen molar-refractivity contribution < 1.29 is 4.79 Å². The summed E-state index contributed by atoms with van der Waals surface area (Å²) in [5.74, 6) is 0.0131. The number of carbonyl (C=O) groups excluding carboxylic acids is 1. The van der Waals surface area contributed by atoms with E-state index in [0.717, 1.165) is 0 Å². The topological polar surface area (TPSA) is 17.1 Å². The molecule has 0 spiro atoms. The predicted octanol–water partition coefficient (Wildman–Crippen LogP) is 2.15. The van der Waals surface area contributed by atoms with Gasteiger partial charge >= 0.3 is 0 Å². The van der Waals surface area contributed by atoms with Gasteiger partial charge in [0.25, 0.3) is 0 Å². The molecule has 2 heteroatoms. The maximum absolute atomic E-state index is 10.9. The molecule has 0 aromatic heterocycles. The van der Waals surface area contributed by atoms with E-state index in [4.69, 9.17) is 11.6 Å². The van der Waals surface area contributed by atoms with E-state index in [1.807, 2.05) is 0 Å². The summed E-state index contributed by atoms with van der Waals surface area (Å²) >= 11 is 5.70. The highest BCUT2D eigenvalue weighted by molar-refractivity contribution is 6.36. The highest BCUT2D eigenvalue weighted by Gasteiger charge is 2.23. The molecule has 0 saturated heterocycles.